The third-order valence-electron chi connectivity index (χ3n) is 2.68. The van der Waals surface area contributed by atoms with Crippen LogP contribution in [0, 0.1) is 5.92 Å². The third kappa shape index (κ3) is 4.75. The van der Waals surface area contributed by atoms with Gasteiger partial charge in [-0.3, -0.25) is 0 Å². The number of aromatic nitrogens is 2. The Morgan fingerprint density at radius 1 is 1.00 bits per heavy atom. The van der Waals surface area contributed by atoms with Gasteiger partial charge in [0.05, 0.1) is 11.3 Å². The number of benzene rings is 1. The Bertz CT molecular complexity index is 592. The van der Waals surface area contributed by atoms with Crippen molar-refractivity contribution in [1.82, 2.24) is 9.97 Å². The van der Waals surface area contributed by atoms with Crippen LogP contribution in [0.5, 0.6) is 0 Å². The number of hydrogen-bond acceptors (Lipinski definition) is 3. The molecule has 1 heterocycles. The number of halogens is 3. The highest BCUT2D eigenvalue weighted by atomic mass is 35.5. The SMILES string of the molecule is CC(C)CSCc1nc(Cl)c(-c2ccc(Cl)cc2)c(Cl)n1. The molecule has 0 fully saturated rings. The third-order valence-corrected chi connectivity index (χ3v) is 4.85. The predicted octanol–water partition coefficient (Wildman–Crippen LogP) is 5.99. The molecule has 0 bridgehead atoms. The molecule has 0 unspecified atom stereocenters. The molecule has 0 atom stereocenters. The Morgan fingerprint density at radius 2 is 1.57 bits per heavy atom. The summed E-state index contributed by atoms with van der Waals surface area (Å²) in [6, 6.07) is 7.28. The van der Waals surface area contributed by atoms with E-state index in [1.807, 2.05) is 12.1 Å². The van der Waals surface area contributed by atoms with Gasteiger partial charge < -0.3 is 0 Å². The lowest BCUT2D eigenvalue weighted by molar-refractivity contribution is 0.750. The molecule has 0 saturated carbocycles. The summed E-state index contributed by atoms with van der Waals surface area (Å²) in [7, 11) is 0. The van der Waals surface area contributed by atoms with Crippen molar-refractivity contribution in [2.24, 2.45) is 5.92 Å². The lowest BCUT2D eigenvalue weighted by atomic mass is 10.1. The largest absolute Gasteiger partial charge is 0.220 e. The summed E-state index contributed by atoms with van der Waals surface area (Å²) in [6.45, 7) is 4.36. The van der Waals surface area contributed by atoms with Crippen molar-refractivity contribution in [1.29, 1.82) is 0 Å². The number of nitrogens with zero attached hydrogens (tertiary/aromatic N) is 2. The molecule has 0 saturated heterocycles. The minimum absolute atomic E-state index is 0.373. The number of thioether (sulfide) groups is 1. The van der Waals surface area contributed by atoms with Gasteiger partial charge in [0.1, 0.15) is 16.1 Å². The molecule has 1 aromatic carbocycles. The van der Waals surface area contributed by atoms with Gasteiger partial charge in [-0.05, 0) is 29.4 Å². The van der Waals surface area contributed by atoms with E-state index < -0.39 is 0 Å². The molecule has 0 amide bonds. The zero-order valence-corrected chi connectivity index (χ0v) is 14.8. The van der Waals surface area contributed by atoms with Gasteiger partial charge in [-0.15, -0.1) is 0 Å². The fraction of sp³-hybridized carbons (Fsp3) is 0.333. The van der Waals surface area contributed by atoms with Crippen molar-refractivity contribution < 1.29 is 0 Å². The van der Waals surface area contributed by atoms with E-state index in [-0.39, 0.29) is 0 Å². The molecule has 21 heavy (non-hydrogen) atoms. The minimum atomic E-state index is 0.373. The lowest BCUT2D eigenvalue weighted by Crippen LogP contribution is -1.99. The number of rotatable bonds is 5. The molecule has 0 aliphatic heterocycles. The summed E-state index contributed by atoms with van der Waals surface area (Å²) in [6.07, 6.45) is 0. The lowest BCUT2D eigenvalue weighted by Gasteiger charge is -2.09. The maximum Gasteiger partial charge on any atom is 0.142 e. The first-order valence-corrected chi connectivity index (χ1v) is 8.82. The summed E-state index contributed by atoms with van der Waals surface area (Å²) in [5, 5.41) is 1.41. The van der Waals surface area contributed by atoms with Crippen LogP contribution < -0.4 is 0 Å². The molecule has 2 nitrogen and oxygen atoms in total. The van der Waals surface area contributed by atoms with Crippen molar-refractivity contribution in [3.05, 3.63) is 45.4 Å². The van der Waals surface area contributed by atoms with Crippen LogP contribution in [0.3, 0.4) is 0 Å². The Labute approximate surface area is 144 Å². The van der Waals surface area contributed by atoms with Gasteiger partial charge in [0.25, 0.3) is 0 Å². The van der Waals surface area contributed by atoms with Crippen molar-refractivity contribution in [2.45, 2.75) is 19.6 Å². The molecule has 0 aliphatic carbocycles. The fourth-order valence-electron chi connectivity index (χ4n) is 1.75. The second-order valence-corrected chi connectivity index (χ2v) is 7.20. The second kappa shape index (κ2) is 7.68. The van der Waals surface area contributed by atoms with Crippen LogP contribution in [0.4, 0.5) is 0 Å². The maximum atomic E-state index is 6.27. The van der Waals surface area contributed by atoms with Gasteiger partial charge >= 0.3 is 0 Å². The average molecular weight is 362 g/mol. The van der Waals surface area contributed by atoms with Gasteiger partial charge in [0.15, 0.2) is 0 Å². The molecule has 0 radical (unpaired) electrons. The topological polar surface area (TPSA) is 25.8 Å². The summed E-state index contributed by atoms with van der Waals surface area (Å²) in [5.41, 5.74) is 1.50. The minimum Gasteiger partial charge on any atom is -0.220 e. The highest BCUT2D eigenvalue weighted by Gasteiger charge is 2.13. The molecule has 0 aliphatic rings. The van der Waals surface area contributed by atoms with E-state index in [1.165, 1.54) is 0 Å². The second-order valence-electron chi connectivity index (χ2n) is 5.01. The van der Waals surface area contributed by atoms with Crippen LogP contribution in [0.25, 0.3) is 11.1 Å². The first-order valence-electron chi connectivity index (χ1n) is 6.53. The van der Waals surface area contributed by atoms with Gasteiger partial charge in [0, 0.05) is 5.02 Å². The highest BCUT2D eigenvalue weighted by Crippen LogP contribution is 2.33. The monoisotopic (exact) mass is 360 g/mol. The normalized spacial score (nSPS) is 11.1. The Kier molecular flexibility index (Phi) is 6.18. The van der Waals surface area contributed by atoms with Crippen molar-refractivity contribution in [3.63, 3.8) is 0 Å². The summed E-state index contributed by atoms with van der Waals surface area (Å²) in [5.74, 6) is 3.05. The van der Waals surface area contributed by atoms with Gasteiger partial charge in [0.2, 0.25) is 0 Å². The zero-order chi connectivity index (χ0) is 15.4. The van der Waals surface area contributed by atoms with E-state index in [0.29, 0.717) is 38.4 Å². The molecule has 2 rings (SSSR count). The van der Waals surface area contributed by atoms with Crippen molar-refractivity contribution in [2.75, 3.05) is 5.75 Å². The molecular weight excluding hydrogens is 347 g/mol. The Hall–Kier alpha value is -0.480. The van der Waals surface area contributed by atoms with E-state index in [1.54, 1.807) is 23.9 Å². The van der Waals surface area contributed by atoms with E-state index >= 15 is 0 Å². The van der Waals surface area contributed by atoms with E-state index in [2.05, 4.69) is 23.8 Å². The van der Waals surface area contributed by atoms with E-state index in [9.17, 15) is 0 Å². The Morgan fingerprint density at radius 3 is 2.10 bits per heavy atom. The molecule has 6 heteroatoms. The fourth-order valence-corrected chi connectivity index (χ4v) is 3.42. The van der Waals surface area contributed by atoms with Gasteiger partial charge in [-0.2, -0.15) is 11.8 Å². The first-order chi connectivity index (χ1) is 9.97. The quantitative estimate of drug-likeness (QED) is 0.611. The van der Waals surface area contributed by atoms with Gasteiger partial charge in [-0.1, -0.05) is 60.8 Å². The molecule has 0 spiro atoms. The maximum absolute atomic E-state index is 6.27. The summed E-state index contributed by atoms with van der Waals surface area (Å²) < 4.78 is 0. The van der Waals surface area contributed by atoms with Crippen LogP contribution in [0.1, 0.15) is 19.7 Å². The van der Waals surface area contributed by atoms with E-state index in [0.717, 1.165) is 11.3 Å². The zero-order valence-electron chi connectivity index (χ0n) is 11.7. The molecule has 1 aromatic heterocycles. The van der Waals surface area contributed by atoms with Crippen LogP contribution in [-0.4, -0.2) is 15.7 Å². The average Bonchev–Trinajstić information content (AvgIpc) is 2.40. The summed E-state index contributed by atoms with van der Waals surface area (Å²) in [4.78, 5) is 8.69. The van der Waals surface area contributed by atoms with E-state index in [4.69, 9.17) is 34.8 Å². The van der Waals surface area contributed by atoms with Crippen molar-refractivity contribution >= 4 is 46.6 Å². The van der Waals surface area contributed by atoms with Crippen LogP contribution in [0.2, 0.25) is 15.3 Å². The van der Waals surface area contributed by atoms with Crippen LogP contribution >= 0.6 is 46.6 Å². The molecular formula is C15H15Cl3N2S. The van der Waals surface area contributed by atoms with Crippen LogP contribution in [-0.2, 0) is 5.75 Å². The molecule has 2 aromatic rings. The molecule has 112 valence electrons. The van der Waals surface area contributed by atoms with Gasteiger partial charge in [-0.25, -0.2) is 9.97 Å². The highest BCUT2D eigenvalue weighted by molar-refractivity contribution is 7.98. The standard InChI is InChI=1S/C15H15Cl3N2S/c1-9(2)7-21-8-12-19-14(17)13(15(18)20-12)10-3-5-11(16)6-4-10/h3-6,9H,7-8H2,1-2H3. The predicted molar refractivity (Wildman–Crippen MR) is 93.5 cm³/mol. The Balaban J connectivity index is 2.23. The number of hydrogen-bond donors (Lipinski definition) is 0. The summed E-state index contributed by atoms with van der Waals surface area (Å²) >= 11 is 20.2. The first kappa shape index (κ1) is 16.9. The van der Waals surface area contributed by atoms with Crippen molar-refractivity contribution in [3.8, 4) is 11.1 Å². The molecule has 0 N–H and O–H groups in total. The smallest absolute Gasteiger partial charge is 0.142 e. The van der Waals surface area contributed by atoms with Crippen LogP contribution in [0.15, 0.2) is 24.3 Å².